The lowest BCUT2D eigenvalue weighted by atomic mass is 9.85. The minimum atomic E-state index is -0.661. The van der Waals surface area contributed by atoms with E-state index < -0.39 is 12.3 Å². The summed E-state index contributed by atoms with van der Waals surface area (Å²) >= 11 is 0. The lowest BCUT2D eigenvalue weighted by molar-refractivity contribution is -0.137. The third-order valence-electron chi connectivity index (χ3n) is 8.34. The Morgan fingerprint density at radius 2 is 1.95 bits per heavy atom. The minimum absolute atomic E-state index is 0.0377. The molecule has 0 aliphatic carbocycles. The number of piperidine rings is 1. The second-order valence-electron chi connectivity index (χ2n) is 10.6. The van der Waals surface area contributed by atoms with Gasteiger partial charge in [0.25, 0.3) is 5.91 Å². The first kappa shape index (κ1) is 24.0. The van der Waals surface area contributed by atoms with Crippen molar-refractivity contribution < 1.29 is 19.4 Å². The number of rotatable bonds is 4. The molecule has 1 amide bonds. The number of hydrogen-bond donors (Lipinski definition) is 4. The van der Waals surface area contributed by atoms with Crippen molar-refractivity contribution in [1.29, 1.82) is 0 Å². The van der Waals surface area contributed by atoms with Crippen LogP contribution in [-0.4, -0.2) is 72.5 Å². The SMILES string of the molecule is CC(=O)c1c(C2CC3CCC(C2)N3C(=O)C2N=CNN2)nc2c(-c3cnc4c(c3)OCCC4O)cnn2c1N. The maximum atomic E-state index is 13.2. The zero-order chi connectivity index (χ0) is 26.8. The third kappa shape index (κ3) is 3.75. The van der Waals surface area contributed by atoms with Crippen molar-refractivity contribution >= 4 is 29.5 Å². The molecule has 0 saturated carbocycles. The van der Waals surface area contributed by atoms with Crippen LogP contribution in [0, 0.1) is 0 Å². The van der Waals surface area contributed by atoms with Crippen molar-refractivity contribution in [3.05, 3.63) is 35.4 Å². The quantitative estimate of drug-likeness (QED) is 0.357. The number of fused-ring (bicyclic) bond motifs is 4. The molecule has 7 rings (SSSR count). The second-order valence-corrected chi connectivity index (χ2v) is 10.6. The average molecular weight is 532 g/mol. The van der Waals surface area contributed by atoms with E-state index in [2.05, 4.69) is 25.9 Å². The highest BCUT2D eigenvalue weighted by atomic mass is 16.5. The molecule has 4 aliphatic heterocycles. The number of amides is 1. The fourth-order valence-corrected chi connectivity index (χ4v) is 6.57. The van der Waals surface area contributed by atoms with Gasteiger partial charge in [0.05, 0.1) is 30.4 Å². The van der Waals surface area contributed by atoms with Crippen molar-refractivity contribution in [2.45, 2.75) is 69.3 Å². The number of nitrogens with two attached hydrogens (primary N) is 1. The van der Waals surface area contributed by atoms with Crippen molar-refractivity contribution in [3.8, 4) is 16.9 Å². The van der Waals surface area contributed by atoms with Gasteiger partial charge in [0.15, 0.2) is 17.6 Å². The Morgan fingerprint density at radius 1 is 1.15 bits per heavy atom. The number of ketones is 1. The molecule has 2 bridgehead atoms. The van der Waals surface area contributed by atoms with E-state index in [9.17, 15) is 14.7 Å². The molecule has 7 heterocycles. The van der Waals surface area contributed by atoms with Gasteiger partial charge in [0.1, 0.15) is 23.4 Å². The molecule has 202 valence electrons. The van der Waals surface area contributed by atoms with Crippen LogP contribution in [0.5, 0.6) is 5.75 Å². The van der Waals surface area contributed by atoms with Gasteiger partial charge in [0.2, 0.25) is 0 Å². The molecule has 5 N–H and O–H groups in total. The summed E-state index contributed by atoms with van der Waals surface area (Å²) in [5.41, 5.74) is 15.7. The second kappa shape index (κ2) is 8.99. The lowest BCUT2D eigenvalue weighted by Crippen LogP contribution is -2.53. The summed E-state index contributed by atoms with van der Waals surface area (Å²) in [4.78, 5) is 41.6. The number of aromatic nitrogens is 4. The Hall–Kier alpha value is -4.10. The van der Waals surface area contributed by atoms with Gasteiger partial charge in [-0.2, -0.15) is 9.61 Å². The molecular weight excluding hydrogens is 502 g/mol. The normalized spacial score (nSPS) is 27.3. The Bertz CT molecular complexity index is 1520. The molecule has 4 unspecified atom stereocenters. The Labute approximate surface area is 223 Å². The number of carbonyl (C=O) groups is 2. The molecular formula is C26H29N9O4. The van der Waals surface area contributed by atoms with Crippen LogP contribution >= 0.6 is 0 Å². The Morgan fingerprint density at radius 3 is 2.67 bits per heavy atom. The minimum Gasteiger partial charge on any atom is -0.491 e. The smallest absolute Gasteiger partial charge is 0.264 e. The number of aliphatic hydroxyl groups is 1. The predicted octanol–water partition coefficient (Wildman–Crippen LogP) is 1.09. The highest BCUT2D eigenvalue weighted by Gasteiger charge is 2.46. The summed E-state index contributed by atoms with van der Waals surface area (Å²) in [6, 6.07) is 1.91. The van der Waals surface area contributed by atoms with Crippen molar-refractivity contribution in [2.24, 2.45) is 4.99 Å². The fraction of sp³-hybridized carbons (Fsp3) is 0.462. The summed E-state index contributed by atoms with van der Waals surface area (Å²) in [7, 11) is 0. The topological polar surface area (TPSA) is 172 Å². The van der Waals surface area contributed by atoms with Gasteiger partial charge < -0.3 is 25.9 Å². The van der Waals surface area contributed by atoms with Gasteiger partial charge in [0, 0.05) is 41.7 Å². The summed E-state index contributed by atoms with van der Waals surface area (Å²) in [6.07, 6.45) is 7.20. The number of carbonyl (C=O) groups excluding carboxylic acids is 2. The van der Waals surface area contributed by atoms with Crippen LogP contribution < -0.4 is 21.3 Å². The first-order chi connectivity index (χ1) is 18.9. The molecule has 2 fully saturated rings. The van der Waals surface area contributed by atoms with Gasteiger partial charge in [-0.25, -0.2) is 15.4 Å². The number of aliphatic imine (C=N–C) groups is 1. The molecule has 0 spiro atoms. The van der Waals surface area contributed by atoms with Gasteiger partial charge >= 0.3 is 0 Å². The van der Waals surface area contributed by atoms with E-state index in [0.717, 1.165) is 18.4 Å². The van der Waals surface area contributed by atoms with Crippen molar-refractivity contribution in [3.63, 3.8) is 0 Å². The zero-order valence-electron chi connectivity index (χ0n) is 21.4. The van der Waals surface area contributed by atoms with Crippen LogP contribution in [0.15, 0.2) is 23.5 Å². The first-order valence-electron chi connectivity index (χ1n) is 13.2. The molecule has 13 nitrogen and oxygen atoms in total. The first-order valence-corrected chi connectivity index (χ1v) is 13.2. The monoisotopic (exact) mass is 531 g/mol. The standard InChI is InChI=1S/C26H29N9O4/c1-12(36)20-21(13-6-15-2-3-16(7-13)34(15)26(38)24-29-11-30-33-24)32-25-17(10-31-35(25)23(20)27)14-8-19-22(28-9-14)18(37)4-5-39-19/h8-11,13,15-16,18,24,33,37H,2-7,27H2,1H3,(H,29,30). The van der Waals surface area contributed by atoms with Crippen molar-refractivity contribution in [2.75, 3.05) is 12.3 Å². The number of aliphatic hydroxyl groups excluding tert-OH is 1. The average Bonchev–Trinajstić information content (AvgIpc) is 3.66. The predicted molar refractivity (Wildman–Crippen MR) is 140 cm³/mol. The Balaban J connectivity index is 1.27. The van der Waals surface area contributed by atoms with E-state index in [-0.39, 0.29) is 35.5 Å². The number of nitrogens with one attached hydrogen (secondary N) is 2. The molecule has 4 aliphatic rings. The number of pyridine rings is 1. The highest BCUT2D eigenvalue weighted by molar-refractivity contribution is 6.00. The van der Waals surface area contributed by atoms with Crippen LogP contribution in [0.1, 0.15) is 72.8 Å². The van der Waals surface area contributed by atoms with E-state index in [1.807, 2.05) is 11.0 Å². The van der Waals surface area contributed by atoms with Gasteiger partial charge in [-0.1, -0.05) is 0 Å². The highest BCUT2D eigenvalue weighted by Crippen LogP contribution is 2.45. The molecule has 13 heteroatoms. The van der Waals surface area contributed by atoms with Crippen LogP contribution in [0.2, 0.25) is 0 Å². The molecule has 2 saturated heterocycles. The van der Waals surface area contributed by atoms with Crippen LogP contribution in [0.4, 0.5) is 5.82 Å². The zero-order valence-corrected chi connectivity index (χ0v) is 21.4. The van der Waals surface area contributed by atoms with Gasteiger partial charge in [-0.15, -0.1) is 0 Å². The molecule has 39 heavy (non-hydrogen) atoms. The number of hydrogen-bond acceptors (Lipinski definition) is 11. The third-order valence-corrected chi connectivity index (χ3v) is 8.34. The lowest BCUT2D eigenvalue weighted by Gasteiger charge is -2.40. The summed E-state index contributed by atoms with van der Waals surface area (Å²) in [5.74, 6) is 0.520. The molecule has 0 radical (unpaired) electrons. The van der Waals surface area contributed by atoms with E-state index >= 15 is 0 Å². The van der Waals surface area contributed by atoms with Gasteiger partial charge in [-0.05, 0) is 38.7 Å². The Kier molecular flexibility index (Phi) is 5.52. The van der Waals surface area contributed by atoms with Crippen LogP contribution in [-0.2, 0) is 4.79 Å². The fourth-order valence-electron chi connectivity index (χ4n) is 6.57. The number of anilines is 1. The number of nitrogen functional groups attached to an aromatic ring is 1. The van der Waals surface area contributed by atoms with E-state index in [4.69, 9.17) is 15.5 Å². The van der Waals surface area contributed by atoms with E-state index in [0.29, 0.717) is 59.8 Å². The molecule has 3 aromatic rings. The maximum Gasteiger partial charge on any atom is 0.264 e. The number of Topliss-reactive ketones (excluding diaryl/α,β-unsaturated/α-hetero) is 1. The maximum absolute atomic E-state index is 13.2. The molecule has 0 aromatic carbocycles. The summed E-state index contributed by atoms with van der Waals surface area (Å²) in [5, 5.41) is 14.7. The van der Waals surface area contributed by atoms with E-state index in [1.54, 1.807) is 12.4 Å². The molecule has 3 aromatic heterocycles. The van der Waals surface area contributed by atoms with Crippen LogP contribution in [0.3, 0.4) is 0 Å². The summed E-state index contributed by atoms with van der Waals surface area (Å²) < 4.78 is 7.24. The largest absolute Gasteiger partial charge is 0.491 e. The molecule has 4 atom stereocenters. The van der Waals surface area contributed by atoms with E-state index in [1.165, 1.54) is 17.8 Å². The van der Waals surface area contributed by atoms with Crippen LogP contribution in [0.25, 0.3) is 16.8 Å². The summed E-state index contributed by atoms with van der Waals surface area (Å²) in [6.45, 7) is 1.90. The van der Waals surface area contributed by atoms with Gasteiger partial charge in [-0.3, -0.25) is 14.6 Å². The number of ether oxygens (including phenoxy) is 1. The number of hydrazine groups is 1. The number of nitrogens with zero attached hydrogens (tertiary/aromatic N) is 6. The van der Waals surface area contributed by atoms with Crippen molar-refractivity contribution in [1.82, 2.24) is 35.3 Å².